The summed E-state index contributed by atoms with van der Waals surface area (Å²) in [6.45, 7) is 5.72. The van der Waals surface area contributed by atoms with Crippen molar-refractivity contribution in [3.63, 3.8) is 0 Å². The molecule has 0 spiro atoms. The number of hydrogen-bond acceptors (Lipinski definition) is 5. The predicted molar refractivity (Wildman–Crippen MR) is 68.8 cm³/mol. The summed E-state index contributed by atoms with van der Waals surface area (Å²) in [5, 5.41) is 3.04. The molecule has 1 aromatic heterocycles. The number of aromatic nitrogens is 2. The standard InChI is InChI=1S/C11H19N3O2S/c1-5-9-6-10(14-8-13-9)12-7-11(2,3)17(4,15)16/h6,8H,5,7H2,1-4H3,(H,12,13,14). The minimum atomic E-state index is -3.09. The zero-order chi connectivity index (χ0) is 13.1. The molecule has 1 aromatic rings. The van der Waals surface area contributed by atoms with Gasteiger partial charge in [0.05, 0.1) is 4.75 Å². The summed E-state index contributed by atoms with van der Waals surface area (Å²) >= 11 is 0. The fourth-order valence-corrected chi connectivity index (χ4v) is 1.46. The number of rotatable bonds is 5. The van der Waals surface area contributed by atoms with E-state index in [4.69, 9.17) is 0 Å². The first-order chi connectivity index (χ1) is 7.76. The second-order valence-corrected chi connectivity index (χ2v) is 7.28. The molecule has 0 radical (unpaired) electrons. The largest absolute Gasteiger partial charge is 0.368 e. The zero-order valence-electron chi connectivity index (χ0n) is 10.7. The van der Waals surface area contributed by atoms with Crippen LogP contribution >= 0.6 is 0 Å². The lowest BCUT2D eigenvalue weighted by atomic mass is 10.2. The van der Waals surface area contributed by atoms with Crippen LogP contribution in [0.5, 0.6) is 0 Å². The third-order valence-corrected chi connectivity index (χ3v) is 4.94. The molecule has 0 aliphatic rings. The fourth-order valence-electron chi connectivity index (χ4n) is 1.12. The Kier molecular flexibility index (Phi) is 4.08. The number of hydrogen-bond donors (Lipinski definition) is 1. The van der Waals surface area contributed by atoms with E-state index in [1.165, 1.54) is 12.6 Å². The molecule has 17 heavy (non-hydrogen) atoms. The molecule has 6 heteroatoms. The number of aryl methyl sites for hydroxylation is 1. The Bertz CT molecular complexity index is 483. The van der Waals surface area contributed by atoms with Crippen LogP contribution in [0, 0.1) is 0 Å². The summed E-state index contributed by atoms with van der Waals surface area (Å²) in [6, 6.07) is 1.83. The number of sulfone groups is 1. The van der Waals surface area contributed by atoms with Crippen molar-refractivity contribution >= 4 is 15.7 Å². The van der Waals surface area contributed by atoms with Crippen molar-refractivity contribution in [2.75, 3.05) is 18.1 Å². The maximum absolute atomic E-state index is 11.5. The van der Waals surface area contributed by atoms with Gasteiger partial charge in [-0.15, -0.1) is 0 Å². The van der Waals surface area contributed by atoms with Crippen LogP contribution in [0.1, 0.15) is 26.5 Å². The summed E-state index contributed by atoms with van der Waals surface area (Å²) in [5.74, 6) is 0.661. The van der Waals surface area contributed by atoms with Crippen LogP contribution in [0.2, 0.25) is 0 Å². The first-order valence-corrected chi connectivity index (χ1v) is 7.40. The number of nitrogens with zero attached hydrogens (tertiary/aromatic N) is 2. The molecule has 0 amide bonds. The second kappa shape index (κ2) is 5.00. The van der Waals surface area contributed by atoms with Gasteiger partial charge in [0.15, 0.2) is 9.84 Å². The second-order valence-electron chi connectivity index (χ2n) is 4.63. The lowest BCUT2D eigenvalue weighted by molar-refractivity contribution is 0.559. The van der Waals surface area contributed by atoms with E-state index in [1.807, 2.05) is 13.0 Å². The third-order valence-electron chi connectivity index (χ3n) is 2.78. The summed E-state index contributed by atoms with van der Waals surface area (Å²) < 4.78 is 22.2. The van der Waals surface area contributed by atoms with Crippen molar-refractivity contribution in [1.29, 1.82) is 0 Å². The van der Waals surface area contributed by atoms with Gasteiger partial charge < -0.3 is 5.32 Å². The summed E-state index contributed by atoms with van der Waals surface area (Å²) in [6.07, 6.45) is 3.55. The lowest BCUT2D eigenvalue weighted by Crippen LogP contribution is -2.38. The highest BCUT2D eigenvalue weighted by atomic mass is 32.2. The van der Waals surface area contributed by atoms with Crippen LogP contribution in [-0.4, -0.2) is 35.9 Å². The highest BCUT2D eigenvalue weighted by molar-refractivity contribution is 7.92. The molecule has 0 unspecified atom stereocenters. The minimum Gasteiger partial charge on any atom is -0.368 e. The smallest absolute Gasteiger partial charge is 0.154 e. The van der Waals surface area contributed by atoms with E-state index in [0.29, 0.717) is 12.4 Å². The van der Waals surface area contributed by atoms with Crippen molar-refractivity contribution < 1.29 is 8.42 Å². The Morgan fingerprint density at radius 3 is 2.53 bits per heavy atom. The first kappa shape index (κ1) is 13.9. The Morgan fingerprint density at radius 2 is 2.00 bits per heavy atom. The molecule has 1 N–H and O–H groups in total. The van der Waals surface area contributed by atoms with Gasteiger partial charge in [0.2, 0.25) is 0 Å². The minimum absolute atomic E-state index is 0.325. The Hall–Kier alpha value is -1.17. The van der Waals surface area contributed by atoms with Crippen LogP contribution in [-0.2, 0) is 16.3 Å². The van der Waals surface area contributed by atoms with Crippen LogP contribution < -0.4 is 5.32 Å². The normalized spacial score (nSPS) is 12.5. The van der Waals surface area contributed by atoms with E-state index >= 15 is 0 Å². The molecule has 0 aliphatic carbocycles. The average molecular weight is 257 g/mol. The van der Waals surface area contributed by atoms with Gasteiger partial charge in [-0.3, -0.25) is 0 Å². The maximum Gasteiger partial charge on any atom is 0.154 e. The van der Waals surface area contributed by atoms with E-state index in [1.54, 1.807) is 13.8 Å². The lowest BCUT2D eigenvalue weighted by Gasteiger charge is -2.23. The molecule has 1 heterocycles. The van der Waals surface area contributed by atoms with Crippen molar-refractivity contribution in [3.8, 4) is 0 Å². The van der Waals surface area contributed by atoms with Gasteiger partial charge >= 0.3 is 0 Å². The monoisotopic (exact) mass is 257 g/mol. The Labute approximate surface area is 103 Å². The maximum atomic E-state index is 11.5. The van der Waals surface area contributed by atoms with Crippen molar-refractivity contribution in [1.82, 2.24) is 9.97 Å². The van der Waals surface area contributed by atoms with Gasteiger partial charge in [0, 0.05) is 24.6 Å². The summed E-state index contributed by atoms with van der Waals surface area (Å²) in [7, 11) is -3.09. The molecule has 0 atom stereocenters. The first-order valence-electron chi connectivity index (χ1n) is 5.50. The molecule has 96 valence electrons. The van der Waals surface area contributed by atoms with E-state index in [-0.39, 0.29) is 0 Å². The van der Waals surface area contributed by atoms with Gasteiger partial charge in [-0.2, -0.15) is 0 Å². The van der Waals surface area contributed by atoms with E-state index in [2.05, 4.69) is 15.3 Å². The van der Waals surface area contributed by atoms with E-state index in [0.717, 1.165) is 12.1 Å². The molecule has 0 fully saturated rings. The summed E-state index contributed by atoms with van der Waals surface area (Å²) in [5.41, 5.74) is 0.930. The molecule has 0 bridgehead atoms. The number of anilines is 1. The third kappa shape index (κ3) is 3.66. The molecule has 0 saturated carbocycles. The highest BCUT2D eigenvalue weighted by Gasteiger charge is 2.29. The van der Waals surface area contributed by atoms with Crippen LogP contribution in [0.3, 0.4) is 0 Å². The van der Waals surface area contributed by atoms with Gasteiger partial charge in [0.25, 0.3) is 0 Å². The number of nitrogens with one attached hydrogen (secondary N) is 1. The van der Waals surface area contributed by atoms with Gasteiger partial charge in [-0.05, 0) is 20.3 Å². The molecular weight excluding hydrogens is 238 g/mol. The highest BCUT2D eigenvalue weighted by Crippen LogP contribution is 2.16. The Morgan fingerprint density at radius 1 is 1.35 bits per heavy atom. The molecule has 1 rings (SSSR count). The van der Waals surface area contributed by atoms with Crippen LogP contribution in [0.4, 0.5) is 5.82 Å². The van der Waals surface area contributed by atoms with Crippen LogP contribution in [0.15, 0.2) is 12.4 Å². The fraction of sp³-hybridized carbons (Fsp3) is 0.636. The van der Waals surface area contributed by atoms with E-state index in [9.17, 15) is 8.42 Å². The molecular formula is C11H19N3O2S. The van der Waals surface area contributed by atoms with Crippen molar-refractivity contribution in [2.24, 2.45) is 0 Å². The summed E-state index contributed by atoms with van der Waals surface area (Å²) in [4.78, 5) is 8.14. The van der Waals surface area contributed by atoms with Crippen LogP contribution in [0.25, 0.3) is 0 Å². The molecule has 0 aromatic carbocycles. The average Bonchev–Trinajstić information content (AvgIpc) is 2.25. The zero-order valence-corrected chi connectivity index (χ0v) is 11.5. The van der Waals surface area contributed by atoms with Crippen molar-refractivity contribution in [2.45, 2.75) is 31.9 Å². The SMILES string of the molecule is CCc1cc(NCC(C)(C)S(C)(=O)=O)ncn1. The molecule has 5 nitrogen and oxygen atoms in total. The molecule has 0 aliphatic heterocycles. The topological polar surface area (TPSA) is 72.0 Å². The van der Waals surface area contributed by atoms with Gasteiger partial charge in [0.1, 0.15) is 12.1 Å². The van der Waals surface area contributed by atoms with Gasteiger partial charge in [-0.25, -0.2) is 18.4 Å². The predicted octanol–water partition coefficient (Wildman–Crippen LogP) is 1.27. The molecule has 0 saturated heterocycles. The Balaban J connectivity index is 2.74. The van der Waals surface area contributed by atoms with Gasteiger partial charge in [-0.1, -0.05) is 6.92 Å². The van der Waals surface area contributed by atoms with E-state index < -0.39 is 14.6 Å². The quantitative estimate of drug-likeness (QED) is 0.860. The van der Waals surface area contributed by atoms with Crippen molar-refractivity contribution in [3.05, 3.63) is 18.1 Å².